The molecule has 2 aromatic heterocycles. The van der Waals surface area contributed by atoms with Crippen molar-refractivity contribution in [3.05, 3.63) is 53.1 Å². The molecular weight excluding hydrogens is 272 g/mol. The number of rotatable bonds is 2. The minimum Gasteiger partial charge on any atom is -0.347 e. The molecule has 1 amide bonds. The Kier molecular flexibility index (Phi) is 3.15. The highest BCUT2D eigenvalue weighted by Crippen LogP contribution is 2.14. The first-order valence-corrected chi connectivity index (χ1v) is 6.98. The quantitative estimate of drug-likeness (QED) is 0.718. The molecule has 6 heteroatoms. The maximum absolute atomic E-state index is 12.0. The number of amides is 1. The molecular formula is C14H14N4OS. The van der Waals surface area contributed by atoms with Crippen LogP contribution in [0.3, 0.4) is 0 Å². The van der Waals surface area contributed by atoms with Gasteiger partial charge in [-0.25, -0.2) is 5.43 Å². The van der Waals surface area contributed by atoms with E-state index in [1.165, 1.54) is 0 Å². The summed E-state index contributed by atoms with van der Waals surface area (Å²) >= 11 is 1.54. The number of carbonyl (C=O) groups excluding carboxylic acids is 1. The van der Waals surface area contributed by atoms with Crippen molar-refractivity contribution in [3.63, 3.8) is 0 Å². The van der Waals surface area contributed by atoms with Gasteiger partial charge in [-0.1, -0.05) is 23.5 Å². The molecule has 0 radical (unpaired) electrons. The number of aromatic nitrogens is 2. The molecule has 2 heterocycles. The zero-order valence-electron chi connectivity index (χ0n) is 11.2. The Bertz CT molecular complexity index is 840. The summed E-state index contributed by atoms with van der Waals surface area (Å²) in [7, 11) is 3.76. The minimum atomic E-state index is -0.213. The molecule has 1 aromatic carbocycles. The summed E-state index contributed by atoms with van der Waals surface area (Å²) in [5, 5.41) is 4.21. The molecule has 0 aliphatic carbocycles. The second-order valence-corrected chi connectivity index (χ2v) is 5.48. The lowest BCUT2D eigenvalue weighted by Crippen LogP contribution is -2.24. The first-order chi connectivity index (χ1) is 9.66. The normalized spacial score (nSPS) is 12.0. The van der Waals surface area contributed by atoms with Gasteiger partial charge in [-0.15, -0.1) is 5.10 Å². The van der Waals surface area contributed by atoms with Gasteiger partial charge >= 0.3 is 0 Å². The third kappa shape index (κ3) is 2.14. The van der Waals surface area contributed by atoms with Crippen molar-refractivity contribution in [2.45, 2.75) is 0 Å². The maximum atomic E-state index is 12.0. The third-order valence-corrected chi connectivity index (χ3v) is 4.26. The topological polar surface area (TPSA) is 51.3 Å². The van der Waals surface area contributed by atoms with Gasteiger partial charge in [-0.3, -0.25) is 4.79 Å². The van der Waals surface area contributed by atoms with Crippen LogP contribution in [0.5, 0.6) is 0 Å². The lowest BCUT2D eigenvalue weighted by Gasteiger charge is -2.00. The number of aryl methyl sites for hydroxylation is 2. The van der Waals surface area contributed by atoms with Gasteiger partial charge in [0.15, 0.2) is 0 Å². The number of para-hydroxylation sites is 1. The highest BCUT2D eigenvalue weighted by atomic mass is 32.1. The fraction of sp³-hybridized carbons (Fsp3) is 0.143. The van der Waals surface area contributed by atoms with Gasteiger partial charge in [0.25, 0.3) is 5.91 Å². The zero-order valence-corrected chi connectivity index (χ0v) is 12.0. The Morgan fingerprint density at radius 1 is 1.20 bits per heavy atom. The molecule has 5 nitrogen and oxygen atoms in total. The van der Waals surface area contributed by atoms with Crippen LogP contribution in [-0.2, 0) is 14.1 Å². The van der Waals surface area contributed by atoms with Crippen LogP contribution in [0, 0.1) is 0 Å². The van der Waals surface area contributed by atoms with Gasteiger partial charge in [0.2, 0.25) is 4.80 Å². The van der Waals surface area contributed by atoms with Crippen molar-refractivity contribution >= 4 is 27.5 Å². The van der Waals surface area contributed by atoms with E-state index >= 15 is 0 Å². The number of hydrogen-bond acceptors (Lipinski definition) is 3. The van der Waals surface area contributed by atoms with Gasteiger partial charge in [0, 0.05) is 20.3 Å². The summed E-state index contributed by atoms with van der Waals surface area (Å²) in [6.07, 6.45) is 1.83. The van der Waals surface area contributed by atoms with Gasteiger partial charge in [0.1, 0.15) is 5.69 Å². The maximum Gasteiger partial charge on any atom is 0.288 e. The molecule has 0 atom stereocenters. The van der Waals surface area contributed by atoms with Crippen LogP contribution in [0.1, 0.15) is 10.5 Å². The summed E-state index contributed by atoms with van der Waals surface area (Å²) < 4.78 is 4.86. The van der Waals surface area contributed by atoms with E-state index in [-0.39, 0.29) is 5.91 Å². The van der Waals surface area contributed by atoms with Crippen LogP contribution in [-0.4, -0.2) is 15.0 Å². The fourth-order valence-corrected chi connectivity index (χ4v) is 3.02. The van der Waals surface area contributed by atoms with Crippen LogP contribution in [0.25, 0.3) is 10.2 Å². The van der Waals surface area contributed by atoms with E-state index < -0.39 is 0 Å². The minimum absolute atomic E-state index is 0.213. The molecule has 3 aromatic rings. The van der Waals surface area contributed by atoms with Crippen LogP contribution in [0.15, 0.2) is 47.7 Å². The number of hydrogen-bond donors (Lipinski definition) is 1. The molecule has 0 fully saturated rings. The van der Waals surface area contributed by atoms with Gasteiger partial charge < -0.3 is 9.13 Å². The van der Waals surface area contributed by atoms with E-state index in [2.05, 4.69) is 10.5 Å². The van der Waals surface area contributed by atoms with E-state index in [9.17, 15) is 4.79 Å². The highest BCUT2D eigenvalue weighted by molar-refractivity contribution is 7.16. The summed E-state index contributed by atoms with van der Waals surface area (Å²) in [5.74, 6) is -0.213. The third-order valence-electron chi connectivity index (χ3n) is 3.14. The summed E-state index contributed by atoms with van der Waals surface area (Å²) in [6, 6.07) is 11.6. The Labute approximate surface area is 119 Å². The monoisotopic (exact) mass is 286 g/mol. The van der Waals surface area contributed by atoms with Gasteiger partial charge in [-0.05, 0) is 24.3 Å². The average Bonchev–Trinajstić information content (AvgIpc) is 3.01. The fourth-order valence-electron chi connectivity index (χ4n) is 2.04. The molecule has 0 bridgehead atoms. The van der Waals surface area contributed by atoms with Gasteiger partial charge in [0.05, 0.1) is 10.2 Å². The highest BCUT2D eigenvalue weighted by Gasteiger charge is 2.08. The Balaban J connectivity index is 1.94. The smallest absolute Gasteiger partial charge is 0.288 e. The summed E-state index contributed by atoms with van der Waals surface area (Å²) in [6.45, 7) is 0. The van der Waals surface area contributed by atoms with Crippen molar-refractivity contribution in [2.75, 3.05) is 0 Å². The molecule has 0 spiro atoms. The number of nitrogens with one attached hydrogen (secondary N) is 1. The van der Waals surface area contributed by atoms with Crippen LogP contribution >= 0.6 is 11.3 Å². The Morgan fingerprint density at radius 2 is 2.00 bits per heavy atom. The second-order valence-electron chi connectivity index (χ2n) is 4.47. The van der Waals surface area contributed by atoms with E-state index in [1.54, 1.807) is 22.0 Å². The van der Waals surface area contributed by atoms with Crippen LogP contribution in [0.4, 0.5) is 0 Å². The molecule has 20 heavy (non-hydrogen) atoms. The van der Waals surface area contributed by atoms with Crippen molar-refractivity contribution < 1.29 is 4.79 Å². The first kappa shape index (κ1) is 12.7. The molecule has 0 aliphatic heterocycles. The molecule has 0 saturated carbocycles. The molecule has 102 valence electrons. The van der Waals surface area contributed by atoms with E-state index in [1.807, 2.05) is 55.2 Å². The summed E-state index contributed by atoms with van der Waals surface area (Å²) in [4.78, 5) is 12.8. The molecule has 3 rings (SSSR count). The molecule has 0 unspecified atom stereocenters. The molecule has 0 aliphatic rings. The molecule has 1 N–H and O–H groups in total. The number of benzene rings is 1. The largest absolute Gasteiger partial charge is 0.347 e. The molecule has 0 saturated heterocycles. The Morgan fingerprint density at radius 3 is 2.70 bits per heavy atom. The number of carbonyl (C=O) groups is 1. The lowest BCUT2D eigenvalue weighted by atomic mass is 10.3. The lowest BCUT2D eigenvalue weighted by molar-refractivity contribution is 0.0945. The summed E-state index contributed by atoms with van der Waals surface area (Å²) in [5.41, 5.74) is 4.28. The predicted molar refractivity (Wildman–Crippen MR) is 79.2 cm³/mol. The SMILES string of the molecule is Cn1cccc1C(=O)N/N=c1\sc2ccccc2n1C. The van der Waals surface area contributed by atoms with Crippen LogP contribution in [0.2, 0.25) is 0 Å². The van der Waals surface area contributed by atoms with Crippen LogP contribution < -0.4 is 10.2 Å². The zero-order chi connectivity index (χ0) is 14.1. The van der Waals surface area contributed by atoms with E-state index in [4.69, 9.17) is 0 Å². The number of thiazole rings is 1. The number of nitrogens with zero attached hydrogens (tertiary/aromatic N) is 3. The van der Waals surface area contributed by atoms with Gasteiger partial charge in [-0.2, -0.15) is 0 Å². The second kappa shape index (κ2) is 4.97. The predicted octanol–water partition coefficient (Wildman–Crippen LogP) is 1.82. The van der Waals surface area contributed by atoms with Crippen molar-refractivity contribution in [2.24, 2.45) is 19.2 Å². The number of fused-ring (bicyclic) bond motifs is 1. The Hall–Kier alpha value is -2.34. The average molecular weight is 286 g/mol. The van der Waals surface area contributed by atoms with Crippen molar-refractivity contribution in [1.29, 1.82) is 0 Å². The van der Waals surface area contributed by atoms with Crippen molar-refractivity contribution in [3.8, 4) is 0 Å². The van der Waals surface area contributed by atoms with E-state index in [0.29, 0.717) is 5.69 Å². The first-order valence-electron chi connectivity index (χ1n) is 6.17. The van der Waals surface area contributed by atoms with Crippen molar-refractivity contribution in [1.82, 2.24) is 14.6 Å². The standard InChI is InChI=1S/C14H14N4OS/c1-17-9-5-7-11(17)13(19)15-16-14-18(2)10-6-3-4-8-12(10)20-14/h3-9H,1-2H3,(H,15,19)/b16-14-. The van der Waals surface area contributed by atoms with E-state index in [0.717, 1.165) is 15.0 Å².